The van der Waals surface area contributed by atoms with Crippen molar-refractivity contribution < 1.29 is 8.42 Å². The molecule has 0 saturated heterocycles. The zero-order valence-electron chi connectivity index (χ0n) is 9.16. The summed E-state index contributed by atoms with van der Waals surface area (Å²) in [5.74, 6) is 0. The Bertz CT molecular complexity index is 450. The van der Waals surface area contributed by atoms with E-state index >= 15 is 0 Å². The number of hydrogen-bond acceptors (Lipinski definition) is 4. The molecule has 1 aliphatic carbocycles. The molecule has 1 aromatic rings. The molecule has 0 unspecified atom stereocenters. The van der Waals surface area contributed by atoms with Gasteiger partial charge in [-0.3, -0.25) is 5.10 Å². The lowest BCUT2D eigenvalue weighted by Crippen LogP contribution is -2.25. The van der Waals surface area contributed by atoms with Gasteiger partial charge < -0.3 is 5.32 Å². The second-order valence-corrected chi connectivity index (χ2v) is 5.58. The molecule has 7 heteroatoms. The summed E-state index contributed by atoms with van der Waals surface area (Å²) < 4.78 is 26.0. The van der Waals surface area contributed by atoms with Gasteiger partial charge in [0.1, 0.15) is 0 Å². The normalized spacial score (nSPS) is 16.6. The summed E-state index contributed by atoms with van der Waals surface area (Å²) >= 11 is 0. The molecule has 1 saturated carbocycles. The van der Waals surface area contributed by atoms with Crippen molar-refractivity contribution in [1.29, 1.82) is 0 Å². The van der Waals surface area contributed by atoms with Gasteiger partial charge in [0.2, 0.25) is 0 Å². The van der Waals surface area contributed by atoms with Crippen molar-refractivity contribution in [2.75, 3.05) is 6.54 Å². The fraction of sp³-hybridized carbons (Fsp3) is 0.667. The maximum absolute atomic E-state index is 11.8. The Hall–Kier alpha value is -0.920. The van der Waals surface area contributed by atoms with Gasteiger partial charge in [-0.1, -0.05) is 6.92 Å². The molecule has 1 aliphatic rings. The van der Waals surface area contributed by atoms with Crippen LogP contribution in [0.4, 0.5) is 0 Å². The highest BCUT2D eigenvalue weighted by Crippen LogP contribution is 2.20. The molecule has 0 atom stereocenters. The van der Waals surface area contributed by atoms with Gasteiger partial charge in [-0.05, 0) is 12.8 Å². The van der Waals surface area contributed by atoms with Gasteiger partial charge >= 0.3 is 0 Å². The van der Waals surface area contributed by atoms with Gasteiger partial charge in [-0.15, -0.1) is 0 Å². The van der Waals surface area contributed by atoms with Crippen molar-refractivity contribution in [1.82, 2.24) is 20.2 Å². The Labute approximate surface area is 94.9 Å². The molecule has 1 heterocycles. The highest BCUT2D eigenvalue weighted by molar-refractivity contribution is 7.89. The molecule has 1 aromatic heterocycles. The summed E-state index contributed by atoms with van der Waals surface area (Å²) in [7, 11) is -3.43. The molecule has 0 aliphatic heterocycles. The molecular formula is C9H16N4O2S. The summed E-state index contributed by atoms with van der Waals surface area (Å²) in [6, 6.07) is 0.546. The van der Waals surface area contributed by atoms with E-state index in [0.717, 1.165) is 0 Å². The summed E-state index contributed by atoms with van der Waals surface area (Å²) in [6.45, 7) is 2.66. The van der Waals surface area contributed by atoms with E-state index in [2.05, 4.69) is 20.2 Å². The minimum absolute atomic E-state index is 0.169. The molecular weight excluding hydrogens is 228 g/mol. The molecule has 3 N–H and O–H groups in total. The Morgan fingerprint density at radius 2 is 2.31 bits per heavy atom. The zero-order valence-corrected chi connectivity index (χ0v) is 9.97. The molecule has 0 aromatic carbocycles. The van der Waals surface area contributed by atoms with Crippen molar-refractivity contribution in [2.45, 2.75) is 37.4 Å². The highest BCUT2D eigenvalue weighted by Gasteiger charge is 2.23. The fourth-order valence-electron chi connectivity index (χ4n) is 1.46. The van der Waals surface area contributed by atoms with Gasteiger partial charge in [-0.25, -0.2) is 13.1 Å². The van der Waals surface area contributed by atoms with Crippen molar-refractivity contribution in [3.8, 4) is 0 Å². The second-order valence-electron chi connectivity index (χ2n) is 3.88. The largest absolute Gasteiger partial charge is 0.310 e. The molecule has 2 rings (SSSR count). The molecule has 90 valence electrons. The predicted octanol–water partition coefficient (Wildman–Crippen LogP) is -0.0401. The van der Waals surface area contributed by atoms with Gasteiger partial charge in [0.05, 0.1) is 6.20 Å². The first-order chi connectivity index (χ1) is 7.63. The highest BCUT2D eigenvalue weighted by atomic mass is 32.2. The molecule has 0 amide bonds. The minimum atomic E-state index is -3.43. The van der Waals surface area contributed by atoms with Crippen LogP contribution in [0.1, 0.15) is 25.3 Å². The van der Waals surface area contributed by atoms with Crippen LogP contribution in [0.15, 0.2) is 11.2 Å². The van der Waals surface area contributed by atoms with Crippen LogP contribution in [0, 0.1) is 0 Å². The monoisotopic (exact) mass is 244 g/mol. The van der Waals surface area contributed by atoms with Crippen LogP contribution < -0.4 is 10.0 Å². The molecule has 16 heavy (non-hydrogen) atoms. The number of aromatic nitrogens is 2. The van der Waals surface area contributed by atoms with Gasteiger partial charge in [-0.2, -0.15) is 5.10 Å². The van der Waals surface area contributed by atoms with E-state index in [9.17, 15) is 8.42 Å². The van der Waals surface area contributed by atoms with Crippen molar-refractivity contribution in [3.05, 3.63) is 11.8 Å². The van der Waals surface area contributed by atoms with Crippen LogP contribution in [-0.4, -0.2) is 31.2 Å². The van der Waals surface area contributed by atoms with Gasteiger partial charge in [0.15, 0.2) is 5.03 Å². The fourth-order valence-corrected chi connectivity index (χ4v) is 2.63. The van der Waals surface area contributed by atoms with Crippen molar-refractivity contribution >= 4 is 10.0 Å². The van der Waals surface area contributed by atoms with Crippen LogP contribution in [0.3, 0.4) is 0 Å². The van der Waals surface area contributed by atoms with E-state index in [1.807, 2.05) is 0 Å². The topological polar surface area (TPSA) is 86.9 Å². The summed E-state index contributed by atoms with van der Waals surface area (Å²) in [4.78, 5) is 0. The quantitative estimate of drug-likeness (QED) is 0.655. The predicted molar refractivity (Wildman–Crippen MR) is 59.3 cm³/mol. The van der Waals surface area contributed by atoms with Gasteiger partial charge in [0, 0.05) is 24.7 Å². The lowest BCUT2D eigenvalue weighted by atomic mass is 10.3. The van der Waals surface area contributed by atoms with Crippen LogP contribution in [-0.2, 0) is 16.6 Å². The zero-order chi connectivity index (χ0) is 11.6. The molecule has 0 spiro atoms. The van der Waals surface area contributed by atoms with Crippen LogP contribution in [0.25, 0.3) is 0 Å². The van der Waals surface area contributed by atoms with E-state index < -0.39 is 10.0 Å². The maximum atomic E-state index is 11.8. The number of sulfonamides is 1. The van der Waals surface area contributed by atoms with Crippen LogP contribution in [0.2, 0.25) is 0 Å². The van der Waals surface area contributed by atoms with E-state index in [1.165, 1.54) is 12.8 Å². The van der Waals surface area contributed by atoms with E-state index in [-0.39, 0.29) is 5.03 Å². The number of nitrogens with one attached hydrogen (secondary N) is 3. The summed E-state index contributed by atoms with van der Waals surface area (Å²) in [5.41, 5.74) is 0.688. The third kappa shape index (κ3) is 2.60. The van der Waals surface area contributed by atoms with Gasteiger partial charge in [0.25, 0.3) is 10.0 Å². The Balaban J connectivity index is 2.10. The first-order valence-electron chi connectivity index (χ1n) is 5.39. The second kappa shape index (κ2) is 4.52. The average molecular weight is 244 g/mol. The minimum Gasteiger partial charge on any atom is -0.310 e. The maximum Gasteiger partial charge on any atom is 0.257 e. The van der Waals surface area contributed by atoms with E-state index in [0.29, 0.717) is 24.7 Å². The standard InChI is InChI=1S/C9H16N4O2S/c1-2-12-16(14,15)9-7(6-11-13-9)5-10-8-3-4-8/h6,8,10,12H,2-5H2,1H3,(H,11,13). The lowest BCUT2D eigenvalue weighted by molar-refractivity contribution is 0.576. The van der Waals surface area contributed by atoms with E-state index in [4.69, 9.17) is 0 Å². The Morgan fingerprint density at radius 1 is 1.56 bits per heavy atom. The summed E-state index contributed by atoms with van der Waals surface area (Å²) in [5, 5.41) is 9.75. The van der Waals surface area contributed by atoms with E-state index in [1.54, 1.807) is 13.1 Å². The number of nitrogens with zero attached hydrogens (tertiary/aromatic N) is 1. The van der Waals surface area contributed by atoms with Crippen molar-refractivity contribution in [3.63, 3.8) is 0 Å². The smallest absolute Gasteiger partial charge is 0.257 e. The molecule has 1 fully saturated rings. The van der Waals surface area contributed by atoms with Crippen molar-refractivity contribution in [2.24, 2.45) is 0 Å². The molecule has 0 radical (unpaired) electrons. The average Bonchev–Trinajstić information content (AvgIpc) is 2.92. The first kappa shape index (κ1) is 11.6. The Kier molecular flexibility index (Phi) is 3.27. The molecule has 6 nitrogen and oxygen atoms in total. The van der Waals surface area contributed by atoms with Crippen LogP contribution >= 0.6 is 0 Å². The lowest BCUT2D eigenvalue weighted by Gasteiger charge is -2.05. The first-order valence-corrected chi connectivity index (χ1v) is 6.87. The number of aromatic amines is 1. The number of rotatable bonds is 6. The van der Waals surface area contributed by atoms with Crippen LogP contribution in [0.5, 0.6) is 0 Å². The molecule has 0 bridgehead atoms. The summed E-state index contributed by atoms with van der Waals surface area (Å²) in [6.07, 6.45) is 3.90. The SMILES string of the molecule is CCNS(=O)(=O)c1[nH]ncc1CNC1CC1. The number of hydrogen-bond donors (Lipinski definition) is 3. The third-order valence-corrected chi connectivity index (χ3v) is 4.00. The number of H-pyrrole nitrogens is 1. The Morgan fingerprint density at radius 3 is 2.94 bits per heavy atom. The third-order valence-electron chi connectivity index (χ3n) is 2.44.